The van der Waals surface area contributed by atoms with Gasteiger partial charge in [0.25, 0.3) is 0 Å². The Morgan fingerprint density at radius 2 is 1.43 bits per heavy atom. The summed E-state index contributed by atoms with van der Waals surface area (Å²) in [5, 5.41) is 0. The van der Waals surface area contributed by atoms with Crippen molar-refractivity contribution in [2.24, 2.45) is 46.3 Å². The number of fused-ring (bicyclic) bond motifs is 5. The van der Waals surface area contributed by atoms with E-state index in [1.54, 1.807) is 0 Å². The molecule has 1 saturated heterocycles. The number of carbonyl (C=O) groups excluding carboxylic acids is 2. The van der Waals surface area contributed by atoms with Gasteiger partial charge in [-0.25, -0.2) is 0 Å². The van der Waals surface area contributed by atoms with Crippen LogP contribution in [0.3, 0.4) is 0 Å². The summed E-state index contributed by atoms with van der Waals surface area (Å²) in [4.78, 5) is 27.9. The summed E-state index contributed by atoms with van der Waals surface area (Å²) < 4.78 is 35.1. The number of morpholine rings is 1. The van der Waals surface area contributed by atoms with Gasteiger partial charge < -0.3 is 28.4 Å². The second-order valence-electron chi connectivity index (χ2n) is 23.4. The quantitative estimate of drug-likeness (QED) is 0.0346. The highest BCUT2D eigenvalue weighted by Crippen LogP contribution is 2.67. The third-order valence-electron chi connectivity index (χ3n) is 17.8. The van der Waals surface area contributed by atoms with Crippen LogP contribution in [0.15, 0.2) is 23.8 Å². The van der Waals surface area contributed by atoms with Gasteiger partial charge in [-0.05, 0) is 123 Å². The van der Waals surface area contributed by atoms with Crippen LogP contribution in [0.2, 0.25) is 0 Å². The number of allylic oxidation sites excluding steroid dienone is 3. The van der Waals surface area contributed by atoms with E-state index in [9.17, 15) is 9.59 Å². The minimum absolute atomic E-state index is 0.0246. The van der Waals surface area contributed by atoms with Crippen molar-refractivity contribution in [1.29, 1.82) is 0 Å². The van der Waals surface area contributed by atoms with Gasteiger partial charge in [-0.1, -0.05) is 142 Å². The second kappa shape index (κ2) is 32.4. The molecule has 9 atom stereocenters. The number of carbonyl (C=O) groups is 2. The molecule has 1 heterocycles. The van der Waals surface area contributed by atoms with Gasteiger partial charge in [-0.2, -0.15) is 0 Å². The zero-order chi connectivity index (χ0) is 49.2. The summed E-state index contributed by atoms with van der Waals surface area (Å²) in [6.45, 7) is 21.5. The lowest BCUT2D eigenvalue weighted by Gasteiger charge is -2.58. The SMILES string of the molecule is CCCCCCCC/C=C\CCCCCCCCOCC(CN1CCOCC1)OCCOCCOC(=O)CCC(=O)O[C@H]1CC[C@@]2(C)C(=CC[C@H]3[C@@H]4CC[C@H]([C@H](C)CCCC(C)C)[C@@]4(C)CC[C@@H]32)C1. The fourth-order valence-corrected chi connectivity index (χ4v) is 13.8. The first kappa shape index (κ1) is 58.1. The number of unbranched alkanes of at least 4 members (excludes halogenated alkanes) is 12. The zero-order valence-corrected chi connectivity index (χ0v) is 45.4. The van der Waals surface area contributed by atoms with E-state index in [1.165, 1.54) is 140 Å². The van der Waals surface area contributed by atoms with E-state index < -0.39 is 5.97 Å². The predicted octanol–water partition coefficient (Wildman–Crippen LogP) is 14.1. The normalized spacial score (nSPS) is 28.0. The minimum atomic E-state index is -0.392. The molecule has 1 unspecified atom stereocenters. The van der Waals surface area contributed by atoms with Crippen molar-refractivity contribution in [3.05, 3.63) is 23.8 Å². The van der Waals surface area contributed by atoms with Crippen molar-refractivity contribution in [3.63, 3.8) is 0 Å². The van der Waals surface area contributed by atoms with Crippen molar-refractivity contribution in [1.82, 2.24) is 4.90 Å². The van der Waals surface area contributed by atoms with Gasteiger partial charge >= 0.3 is 11.9 Å². The molecule has 4 fully saturated rings. The highest BCUT2D eigenvalue weighted by atomic mass is 16.6. The Morgan fingerprint density at radius 3 is 2.17 bits per heavy atom. The number of hydrogen-bond donors (Lipinski definition) is 0. The van der Waals surface area contributed by atoms with Crippen molar-refractivity contribution >= 4 is 11.9 Å². The number of hydrogen-bond acceptors (Lipinski definition) is 9. The van der Waals surface area contributed by atoms with Crippen LogP contribution in [-0.4, -0.2) is 102 Å². The molecule has 9 heteroatoms. The molecule has 0 radical (unpaired) electrons. The number of rotatable bonds is 36. The second-order valence-corrected chi connectivity index (χ2v) is 23.4. The van der Waals surface area contributed by atoms with E-state index >= 15 is 0 Å². The van der Waals surface area contributed by atoms with Gasteiger partial charge in [0.15, 0.2) is 0 Å². The molecule has 5 aliphatic rings. The van der Waals surface area contributed by atoms with Gasteiger partial charge in [0.2, 0.25) is 0 Å². The first-order chi connectivity index (χ1) is 33.5. The van der Waals surface area contributed by atoms with Crippen LogP contribution < -0.4 is 0 Å². The predicted molar refractivity (Wildman–Crippen MR) is 281 cm³/mol. The van der Waals surface area contributed by atoms with E-state index in [-0.39, 0.29) is 49.6 Å². The Bertz CT molecular complexity index is 1480. The average molecular weight is 968 g/mol. The Hall–Kier alpha value is -1.78. The van der Waals surface area contributed by atoms with Crippen LogP contribution >= 0.6 is 0 Å². The molecule has 3 saturated carbocycles. The third-order valence-corrected chi connectivity index (χ3v) is 17.8. The lowest BCUT2D eigenvalue weighted by Crippen LogP contribution is -2.51. The first-order valence-electron chi connectivity index (χ1n) is 29.3. The van der Waals surface area contributed by atoms with Gasteiger partial charge in [0.05, 0.1) is 58.6 Å². The van der Waals surface area contributed by atoms with E-state index in [1.807, 2.05) is 0 Å². The minimum Gasteiger partial charge on any atom is -0.463 e. The molecule has 0 aromatic carbocycles. The molecular formula is C60H105NO8. The molecule has 9 nitrogen and oxygen atoms in total. The van der Waals surface area contributed by atoms with Crippen molar-refractivity contribution in [3.8, 4) is 0 Å². The maximum absolute atomic E-state index is 13.0. The molecule has 69 heavy (non-hydrogen) atoms. The molecule has 5 rings (SSSR count). The molecule has 0 amide bonds. The molecule has 0 bridgehead atoms. The van der Waals surface area contributed by atoms with Crippen LogP contribution in [-0.2, 0) is 38.0 Å². The van der Waals surface area contributed by atoms with Gasteiger partial charge in [-0.15, -0.1) is 0 Å². The fraction of sp³-hybridized carbons (Fsp3) is 0.900. The maximum atomic E-state index is 13.0. The van der Waals surface area contributed by atoms with Gasteiger partial charge in [0, 0.05) is 32.7 Å². The van der Waals surface area contributed by atoms with Crippen LogP contribution in [0.25, 0.3) is 0 Å². The Labute approximate surface area is 423 Å². The summed E-state index contributed by atoms with van der Waals surface area (Å²) in [7, 11) is 0. The lowest BCUT2D eigenvalue weighted by molar-refractivity contribution is -0.156. The summed E-state index contributed by atoms with van der Waals surface area (Å²) in [6, 6.07) is 0. The van der Waals surface area contributed by atoms with Crippen LogP contribution in [0.5, 0.6) is 0 Å². The summed E-state index contributed by atoms with van der Waals surface area (Å²) in [6.07, 6.45) is 39.2. The van der Waals surface area contributed by atoms with E-state index in [0.717, 1.165) is 101 Å². The lowest BCUT2D eigenvalue weighted by atomic mass is 9.47. The summed E-state index contributed by atoms with van der Waals surface area (Å²) in [5.74, 6) is 4.19. The highest BCUT2D eigenvalue weighted by Gasteiger charge is 2.59. The van der Waals surface area contributed by atoms with Crippen molar-refractivity contribution < 1.29 is 38.0 Å². The highest BCUT2D eigenvalue weighted by molar-refractivity contribution is 5.77. The number of nitrogens with zero attached hydrogens (tertiary/aromatic N) is 1. The fourth-order valence-electron chi connectivity index (χ4n) is 13.8. The molecule has 0 aromatic heterocycles. The third kappa shape index (κ3) is 19.9. The Balaban J connectivity index is 0.880. The standard InChI is InChI=1S/C60H105NO8/c1-7-8-9-10-11-12-13-14-15-16-17-18-19-20-21-22-38-66-47-52(46-61-36-39-64-40-37-61)67-43-41-65-42-44-68-57(62)30-31-58(63)69-51-32-34-59(5)50(45-51)26-27-53-55-29-28-54(49(4)25-23-24-48(2)3)60(55,6)35-33-56(53)59/h14-15,26,48-49,51-56H,7-13,16-25,27-47H2,1-6H3/b15-14-/t49-,51+,52?,53+,54-,55+,56+,59+,60-/m1/s1. The van der Waals surface area contributed by atoms with Crippen molar-refractivity contribution in [2.45, 2.75) is 227 Å². The molecule has 0 aromatic rings. The van der Waals surface area contributed by atoms with E-state index in [2.05, 4.69) is 64.7 Å². The smallest absolute Gasteiger partial charge is 0.306 e. The van der Waals surface area contributed by atoms with Gasteiger partial charge in [-0.3, -0.25) is 14.5 Å². The maximum Gasteiger partial charge on any atom is 0.306 e. The molecule has 398 valence electrons. The van der Waals surface area contributed by atoms with Gasteiger partial charge in [0.1, 0.15) is 12.7 Å². The molecule has 0 N–H and O–H groups in total. The summed E-state index contributed by atoms with van der Waals surface area (Å²) >= 11 is 0. The Morgan fingerprint density at radius 1 is 0.739 bits per heavy atom. The van der Waals surface area contributed by atoms with E-state index in [4.69, 9.17) is 28.4 Å². The molecular weight excluding hydrogens is 863 g/mol. The van der Waals surface area contributed by atoms with Crippen LogP contribution in [0, 0.1) is 46.3 Å². The monoisotopic (exact) mass is 968 g/mol. The molecule has 0 spiro atoms. The molecule has 1 aliphatic heterocycles. The number of esters is 2. The Kier molecular flexibility index (Phi) is 27.3. The largest absolute Gasteiger partial charge is 0.463 e. The summed E-state index contributed by atoms with van der Waals surface area (Å²) in [5.41, 5.74) is 2.23. The topological polar surface area (TPSA) is 92.8 Å². The average Bonchev–Trinajstić information content (AvgIpc) is 3.70. The van der Waals surface area contributed by atoms with Crippen LogP contribution in [0.4, 0.5) is 0 Å². The van der Waals surface area contributed by atoms with Crippen LogP contribution in [0.1, 0.15) is 215 Å². The first-order valence-corrected chi connectivity index (χ1v) is 29.3. The number of ether oxygens (including phenoxy) is 6. The van der Waals surface area contributed by atoms with E-state index in [0.29, 0.717) is 25.2 Å². The van der Waals surface area contributed by atoms with Crippen molar-refractivity contribution in [2.75, 3.05) is 72.5 Å². The molecule has 4 aliphatic carbocycles. The zero-order valence-electron chi connectivity index (χ0n) is 45.4.